The van der Waals surface area contributed by atoms with Crippen LogP contribution < -0.4 is 21.3 Å². The number of rotatable bonds is 8. The maximum Gasteiger partial charge on any atom is 0.314 e. The van der Waals surface area contributed by atoms with E-state index in [4.69, 9.17) is 0 Å². The van der Waals surface area contributed by atoms with Crippen LogP contribution in [-0.2, 0) is 0 Å². The van der Waals surface area contributed by atoms with Crippen molar-refractivity contribution in [3.63, 3.8) is 0 Å². The number of hydrogen-bond acceptors (Lipinski definition) is 2. The summed E-state index contributed by atoms with van der Waals surface area (Å²) >= 11 is 0. The quantitative estimate of drug-likeness (QED) is 0.451. The van der Waals surface area contributed by atoms with Gasteiger partial charge in [0.2, 0.25) is 0 Å². The molecule has 0 radical (unpaired) electrons. The van der Waals surface area contributed by atoms with Gasteiger partial charge < -0.3 is 21.3 Å². The molecule has 180 valence electrons. The molecule has 8 atom stereocenters. The van der Waals surface area contributed by atoms with E-state index in [-0.39, 0.29) is 12.1 Å². The zero-order valence-electron chi connectivity index (χ0n) is 19.7. The third-order valence-corrected chi connectivity index (χ3v) is 9.81. The number of amides is 4. The van der Waals surface area contributed by atoms with Crippen molar-refractivity contribution in [1.82, 2.24) is 21.3 Å². The average Bonchev–Trinajstić information content (AvgIpc) is 3.61. The van der Waals surface area contributed by atoms with Gasteiger partial charge in [-0.25, -0.2) is 9.59 Å². The highest BCUT2D eigenvalue weighted by molar-refractivity contribution is 5.74. The molecule has 0 heterocycles. The maximum absolute atomic E-state index is 12.3. The summed E-state index contributed by atoms with van der Waals surface area (Å²) in [4.78, 5) is 24.6. The summed E-state index contributed by atoms with van der Waals surface area (Å²) in [6, 6.07) is 0.0148. The van der Waals surface area contributed by atoms with Crippen LogP contribution >= 0.6 is 0 Å². The Kier molecular flexibility index (Phi) is 7.13. The predicted octanol–water partition coefficient (Wildman–Crippen LogP) is 4.26. The molecule has 0 saturated heterocycles. The summed E-state index contributed by atoms with van der Waals surface area (Å²) in [6.45, 7) is 3.22. The smallest absolute Gasteiger partial charge is 0.314 e. The van der Waals surface area contributed by atoms with Crippen molar-refractivity contribution >= 4 is 12.1 Å². The Morgan fingerprint density at radius 2 is 1.00 bits per heavy atom. The van der Waals surface area contributed by atoms with Gasteiger partial charge in [0.1, 0.15) is 0 Å². The minimum Gasteiger partial charge on any atom is -0.338 e. The molecule has 5 rings (SSSR count). The second-order valence-corrected chi connectivity index (χ2v) is 12.0. The zero-order valence-corrected chi connectivity index (χ0v) is 19.7. The first-order valence-electron chi connectivity index (χ1n) is 13.7. The molecule has 4 amide bonds. The van der Waals surface area contributed by atoms with E-state index in [1.807, 2.05) is 0 Å². The Labute approximate surface area is 193 Å². The van der Waals surface area contributed by atoms with Crippen LogP contribution in [0.1, 0.15) is 77.0 Å². The number of carbonyl (C=O) groups excluding carboxylic acids is 2. The Morgan fingerprint density at radius 3 is 1.41 bits per heavy atom. The second kappa shape index (κ2) is 10.2. The van der Waals surface area contributed by atoms with Crippen molar-refractivity contribution in [3.8, 4) is 0 Å². The van der Waals surface area contributed by atoms with Crippen molar-refractivity contribution in [3.05, 3.63) is 0 Å². The molecule has 5 saturated carbocycles. The molecule has 5 fully saturated rings. The molecular weight excluding hydrogens is 400 g/mol. The summed E-state index contributed by atoms with van der Waals surface area (Å²) in [5.41, 5.74) is 0. The molecule has 0 spiro atoms. The molecule has 5 aliphatic carbocycles. The summed E-state index contributed by atoms with van der Waals surface area (Å²) in [5, 5.41) is 12.5. The van der Waals surface area contributed by atoms with Crippen LogP contribution in [0.5, 0.6) is 0 Å². The third-order valence-electron chi connectivity index (χ3n) is 9.81. The monoisotopic (exact) mass is 444 g/mol. The van der Waals surface area contributed by atoms with E-state index in [0.717, 1.165) is 56.3 Å². The lowest BCUT2D eigenvalue weighted by Gasteiger charge is -2.30. The van der Waals surface area contributed by atoms with Gasteiger partial charge in [-0.3, -0.25) is 0 Å². The molecule has 4 bridgehead atoms. The molecule has 5 aliphatic rings. The molecule has 0 aromatic heterocycles. The molecule has 0 aliphatic heterocycles. The molecule has 6 heteroatoms. The van der Waals surface area contributed by atoms with Crippen LogP contribution in [0.2, 0.25) is 0 Å². The highest BCUT2D eigenvalue weighted by Gasteiger charge is 2.40. The first-order valence-corrected chi connectivity index (χ1v) is 13.7. The molecule has 4 N–H and O–H groups in total. The van der Waals surface area contributed by atoms with Gasteiger partial charge in [0.15, 0.2) is 0 Å². The summed E-state index contributed by atoms with van der Waals surface area (Å²) in [7, 11) is 0. The molecule has 32 heavy (non-hydrogen) atoms. The Balaban J connectivity index is 0.933. The number of fused-ring (bicyclic) bond motifs is 4. The highest BCUT2D eigenvalue weighted by atomic mass is 16.2. The first kappa shape index (κ1) is 22.3. The van der Waals surface area contributed by atoms with Gasteiger partial charge in [-0.15, -0.1) is 0 Å². The van der Waals surface area contributed by atoms with Crippen LogP contribution in [-0.4, -0.2) is 38.2 Å². The van der Waals surface area contributed by atoms with E-state index in [0.29, 0.717) is 23.7 Å². The fraction of sp³-hybridized carbons (Fsp3) is 0.923. The van der Waals surface area contributed by atoms with E-state index < -0.39 is 0 Å². The van der Waals surface area contributed by atoms with Gasteiger partial charge in [0.05, 0.1) is 0 Å². The highest BCUT2D eigenvalue weighted by Crippen LogP contribution is 2.48. The predicted molar refractivity (Wildman–Crippen MR) is 126 cm³/mol. The molecule has 0 aromatic rings. The Morgan fingerprint density at radius 1 is 0.531 bits per heavy atom. The van der Waals surface area contributed by atoms with E-state index in [9.17, 15) is 9.59 Å². The van der Waals surface area contributed by atoms with Crippen molar-refractivity contribution in [2.24, 2.45) is 47.3 Å². The number of hydrogen-bond donors (Lipinski definition) is 4. The molecular formula is C26H44N4O2. The number of urea groups is 2. The summed E-state index contributed by atoms with van der Waals surface area (Å²) < 4.78 is 0. The normalized spacial score (nSPS) is 39.8. The third kappa shape index (κ3) is 5.53. The van der Waals surface area contributed by atoms with Gasteiger partial charge in [-0.2, -0.15) is 0 Å². The van der Waals surface area contributed by atoms with E-state index in [2.05, 4.69) is 21.3 Å². The van der Waals surface area contributed by atoms with Gasteiger partial charge in [0.25, 0.3) is 0 Å². The van der Waals surface area contributed by atoms with Gasteiger partial charge in [-0.05, 0) is 105 Å². The first-order chi connectivity index (χ1) is 15.6. The zero-order chi connectivity index (χ0) is 21.9. The van der Waals surface area contributed by atoms with Crippen LogP contribution in [0.25, 0.3) is 0 Å². The number of nitrogens with one attached hydrogen (secondary N) is 4. The van der Waals surface area contributed by atoms with E-state index >= 15 is 0 Å². The molecule has 0 aromatic carbocycles. The van der Waals surface area contributed by atoms with Crippen LogP contribution in [0.4, 0.5) is 9.59 Å². The fourth-order valence-electron chi connectivity index (χ4n) is 8.07. The standard InChI is InChI=1S/C26H44N4O2/c31-25(29-15-23-11-17-4-6-21(23)9-17)27-13-19-2-1-3-20(8-19)14-28-26(32)30-16-24-12-18-5-7-22(24)10-18/h17-24H,1-16H2,(H2,27,29,31)(H2,28,30,32)/t17-,18-,19-,20-,21-,22-,23+,24+/m1/s1. The maximum atomic E-state index is 12.3. The topological polar surface area (TPSA) is 82.3 Å². The summed E-state index contributed by atoms with van der Waals surface area (Å²) in [5.74, 6) is 6.06. The largest absolute Gasteiger partial charge is 0.338 e. The second-order valence-electron chi connectivity index (χ2n) is 12.0. The van der Waals surface area contributed by atoms with Crippen LogP contribution in [0.15, 0.2) is 0 Å². The average molecular weight is 445 g/mol. The van der Waals surface area contributed by atoms with E-state index in [1.165, 1.54) is 70.6 Å². The lowest BCUT2D eigenvalue weighted by atomic mass is 9.81. The lowest BCUT2D eigenvalue weighted by Crippen LogP contribution is -2.43. The number of carbonyl (C=O) groups is 2. The van der Waals surface area contributed by atoms with Crippen LogP contribution in [0, 0.1) is 47.3 Å². The fourth-order valence-corrected chi connectivity index (χ4v) is 8.07. The van der Waals surface area contributed by atoms with Gasteiger partial charge >= 0.3 is 12.1 Å². The minimum atomic E-state index is 0.00742. The van der Waals surface area contributed by atoms with Crippen molar-refractivity contribution in [1.29, 1.82) is 0 Å². The van der Waals surface area contributed by atoms with Crippen molar-refractivity contribution in [2.45, 2.75) is 77.0 Å². The summed E-state index contributed by atoms with van der Waals surface area (Å²) in [6.07, 6.45) is 15.6. The lowest BCUT2D eigenvalue weighted by molar-refractivity contribution is 0.217. The van der Waals surface area contributed by atoms with Crippen molar-refractivity contribution < 1.29 is 9.59 Å². The Hall–Kier alpha value is -1.46. The Bertz CT molecular complexity index is 616. The van der Waals surface area contributed by atoms with Gasteiger partial charge in [0, 0.05) is 26.2 Å². The van der Waals surface area contributed by atoms with Crippen molar-refractivity contribution in [2.75, 3.05) is 26.2 Å². The molecule has 6 nitrogen and oxygen atoms in total. The van der Waals surface area contributed by atoms with Gasteiger partial charge in [-0.1, -0.05) is 19.3 Å². The minimum absolute atomic E-state index is 0.00742. The van der Waals surface area contributed by atoms with Crippen LogP contribution in [0.3, 0.4) is 0 Å². The SMILES string of the molecule is O=C(NC[C@@H]1CCC[C@@H](CNC(=O)NC[C@@H]2C[C@@H]3CC[C@@H]2C3)C1)NC[C@@H]1C[C@@H]2CC[C@@H]1C2. The molecule has 0 unspecified atom stereocenters. The van der Waals surface area contributed by atoms with E-state index in [1.54, 1.807) is 0 Å².